The van der Waals surface area contributed by atoms with Crippen molar-refractivity contribution >= 4 is 11.8 Å². The molecule has 158 valence electrons. The second-order valence-corrected chi connectivity index (χ2v) is 7.72. The second kappa shape index (κ2) is 9.47. The number of hydrogen-bond acceptors (Lipinski definition) is 3. The van der Waals surface area contributed by atoms with Gasteiger partial charge in [0.2, 0.25) is 0 Å². The zero-order valence-corrected chi connectivity index (χ0v) is 17.7. The lowest BCUT2D eigenvalue weighted by Crippen LogP contribution is -2.51. The van der Waals surface area contributed by atoms with Gasteiger partial charge in [0.25, 0.3) is 11.8 Å². The number of nitrogens with zero attached hydrogens (tertiary/aromatic N) is 2. The van der Waals surface area contributed by atoms with Crippen LogP contribution in [0.25, 0.3) is 11.1 Å². The van der Waals surface area contributed by atoms with Crippen molar-refractivity contribution in [3.05, 3.63) is 90.0 Å². The van der Waals surface area contributed by atoms with E-state index in [1.165, 1.54) is 0 Å². The monoisotopic (exact) mass is 414 g/mol. The maximum absolute atomic E-state index is 12.9. The molecule has 3 aromatic rings. The van der Waals surface area contributed by atoms with Crippen LogP contribution in [0, 0.1) is 6.92 Å². The summed E-state index contributed by atoms with van der Waals surface area (Å²) >= 11 is 0. The Bertz CT molecular complexity index is 1040. The molecule has 0 radical (unpaired) electrons. The summed E-state index contributed by atoms with van der Waals surface area (Å²) in [5, 5.41) is 0. The predicted octanol–water partition coefficient (Wildman–Crippen LogP) is 4.03. The molecule has 1 saturated heterocycles. The third-order valence-electron chi connectivity index (χ3n) is 5.51. The van der Waals surface area contributed by atoms with Gasteiger partial charge >= 0.3 is 0 Å². The Hall–Kier alpha value is -3.60. The lowest BCUT2D eigenvalue weighted by Gasteiger charge is -2.34. The van der Waals surface area contributed by atoms with E-state index in [0.717, 1.165) is 16.7 Å². The van der Waals surface area contributed by atoms with E-state index >= 15 is 0 Å². The van der Waals surface area contributed by atoms with Crippen molar-refractivity contribution in [2.24, 2.45) is 0 Å². The molecule has 1 aliphatic rings. The minimum absolute atomic E-state index is 0.00252. The van der Waals surface area contributed by atoms with Crippen LogP contribution in [0.4, 0.5) is 0 Å². The molecule has 0 saturated carbocycles. The van der Waals surface area contributed by atoms with Gasteiger partial charge in [-0.25, -0.2) is 0 Å². The molecule has 2 amide bonds. The molecule has 1 heterocycles. The topological polar surface area (TPSA) is 49.9 Å². The van der Waals surface area contributed by atoms with Crippen molar-refractivity contribution in [1.29, 1.82) is 0 Å². The van der Waals surface area contributed by atoms with Crippen LogP contribution in [0.2, 0.25) is 0 Å². The first-order valence-corrected chi connectivity index (χ1v) is 10.5. The highest BCUT2D eigenvalue weighted by atomic mass is 16.5. The van der Waals surface area contributed by atoms with E-state index in [1.54, 1.807) is 4.90 Å². The second-order valence-electron chi connectivity index (χ2n) is 7.72. The maximum Gasteiger partial charge on any atom is 0.260 e. The molecule has 0 atom stereocenters. The SMILES string of the molecule is Cc1cccc(OCC(=O)N2CCN(C(=O)c3ccc(-c4ccccc4)cc3)CC2)c1. The Kier molecular flexibility index (Phi) is 6.32. The molecule has 4 rings (SSSR count). The van der Waals surface area contributed by atoms with Crippen LogP contribution in [0.5, 0.6) is 5.75 Å². The van der Waals surface area contributed by atoms with Gasteiger partial charge in [-0.15, -0.1) is 0 Å². The minimum atomic E-state index is -0.0548. The lowest BCUT2D eigenvalue weighted by atomic mass is 10.0. The first kappa shape index (κ1) is 20.7. The fourth-order valence-electron chi connectivity index (χ4n) is 3.72. The van der Waals surface area contributed by atoms with Crippen LogP contribution < -0.4 is 4.74 Å². The fraction of sp³-hybridized carbons (Fsp3) is 0.231. The summed E-state index contributed by atoms with van der Waals surface area (Å²) in [6.07, 6.45) is 0. The number of carbonyl (C=O) groups is 2. The summed E-state index contributed by atoms with van der Waals surface area (Å²) in [6.45, 7) is 4.08. The van der Waals surface area contributed by atoms with Crippen molar-refractivity contribution in [3.8, 4) is 16.9 Å². The van der Waals surface area contributed by atoms with Crippen LogP contribution >= 0.6 is 0 Å². The van der Waals surface area contributed by atoms with Gasteiger partial charge < -0.3 is 14.5 Å². The van der Waals surface area contributed by atoms with Crippen molar-refractivity contribution in [3.63, 3.8) is 0 Å². The highest BCUT2D eigenvalue weighted by Crippen LogP contribution is 2.20. The Morgan fingerprint density at radius 3 is 2.10 bits per heavy atom. The van der Waals surface area contributed by atoms with Gasteiger partial charge in [0, 0.05) is 31.7 Å². The zero-order valence-electron chi connectivity index (χ0n) is 17.7. The zero-order chi connectivity index (χ0) is 21.6. The van der Waals surface area contributed by atoms with E-state index in [-0.39, 0.29) is 18.4 Å². The van der Waals surface area contributed by atoms with E-state index in [1.807, 2.05) is 78.6 Å². The molecule has 0 aromatic heterocycles. The van der Waals surface area contributed by atoms with Crippen molar-refractivity contribution < 1.29 is 14.3 Å². The van der Waals surface area contributed by atoms with E-state index in [2.05, 4.69) is 12.1 Å². The molecule has 0 spiro atoms. The molecule has 0 aliphatic carbocycles. The molecular weight excluding hydrogens is 388 g/mol. The molecule has 1 aliphatic heterocycles. The van der Waals surface area contributed by atoms with Gasteiger partial charge in [-0.1, -0.05) is 54.6 Å². The summed E-state index contributed by atoms with van der Waals surface area (Å²) in [7, 11) is 0. The van der Waals surface area contributed by atoms with Crippen LogP contribution in [-0.2, 0) is 4.79 Å². The smallest absolute Gasteiger partial charge is 0.260 e. The number of amides is 2. The largest absolute Gasteiger partial charge is 0.484 e. The summed E-state index contributed by atoms with van der Waals surface area (Å²) in [5.74, 6) is 0.643. The van der Waals surface area contributed by atoms with Crippen LogP contribution in [0.15, 0.2) is 78.9 Å². The average Bonchev–Trinajstić information content (AvgIpc) is 2.83. The van der Waals surface area contributed by atoms with E-state index < -0.39 is 0 Å². The van der Waals surface area contributed by atoms with Crippen molar-refractivity contribution in [1.82, 2.24) is 9.80 Å². The third kappa shape index (κ3) is 5.12. The summed E-state index contributed by atoms with van der Waals surface area (Å²) in [6, 6.07) is 25.4. The predicted molar refractivity (Wildman–Crippen MR) is 121 cm³/mol. The first-order valence-electron chi connectivity index (χ1n) is 10.5. The molecule has 0 N–H and O–H groups in total. The Balaban J connectivity index is 1.29. The van der Waals surface area contributed by atoms with Gasteiger partial charge in [-0.2, -0.15) is 0 Å². The highest BCUT2D eigenvalue weighted by Gasteiger charge is 2.25. The molecule has 0 bridgehead atoms. The number of piperazine rings is 1. The highest BCUT2D eigenvalue weighted by molar-refractivity contribution is 5.95. The van der Waals surface area contributed by atoms with Gasteiger partial charge in [0.05, 0.1) is 0 Å². The van der Waals surface area contributed by atoms with E-state index in [4.69, 9.17) is 4.74 Å². The summed E-state index contributed by atoms with van der Waals surface area (Å²) < 4.78 is 5.62. The Labute approximate surface area is 182 Å². The van der Waals surface area contributed by atoms with Crippen molar-refractivity contribution in [2.75, 3.05) is 32.8 Å². The molecule has 0 unspecified atom stereocenters. The normalized spacial score (nSPS) is 13.7. The van der Waals surface area contributed by atoms with Gasteiger partial charge in [0.15, 0.2) is 6.61 Å². The van der Waals surface area contributed by atoms with Crippen LogP contribution in [0.3, 0.4) is 0 Å². The lowest BCUT2D eigenvalue weighted by molar-refractivity contribution is -0.134. The Morgan fingerprint density at radius 1 is 0.774 bits per heavy atom. The first-order chi connectivity index (χ1) is 15.1. The molecule has 31 heavy (non-hydrogen) atoms. The molecule has 5 heteroatoms. The quantitative estimate of drug-likeness (QED) is 0.634. The third-order valence-corrected chi connectivity index (χ3v) is 5.51. The number of benzene rings is 3. The molecular formula is C26H26N2O3. The minimum Gasteiger partial charge on any atom is -0.484 e. The molecule has 1 fully saturated rings. The Morgan fingerprint density at radius 2 is 1.42 bits per heavy atom. The van der Waals surface area contributed by atoms with E-state index in [9.17, 15) is 9.59 Å². The van der Waals surface area contributed by atoms with Crippen LogP contribution in [-0.4, -0.2) is 54.4 Å². The number of carbonyl (C=O) groups excluding carboxylic acids is 2. The standard InChI is InChI=1S/C26H26N2O3/c1-20-6-5-9-24(18-20)31-19-25(29)27-14-16-28(17-15-27)26(30)23-12-10-22(11-13-23)21-7-3-2-4-8-21/h2-13,18H,14-17,19H2,1H3. The van der Waals surface area contributed by atoms with E-state index in [0.29, 0.717) is 37.5 Å². The average molecular weight is 415 g/mol. The number of ether oxygens (including phenoxy) is 1. The van der Waals surface area contributed by atoms with Gasteiger partial charge in [0.1, 0.15) is 5.75 Å². The molecule has 5 nitrogen and oxygen atoms in total. The van der Waals surface area contributed by atoms with Gasteiger partial charge in [-0.05, 0) is 47.9 Å². The number of aryl methyl sites for hydroxylation is 1. The summed E-state index contributed by atoms with van der Waals surface area (Å²) in [4.78, 5) is 28.9. The summed E-state index contributed by atoms with van der Waals surface area (Å²) in [5.41, 5.74) is 3.97. The van der Waals surface area contributed by atoms with Crippen molar-refractivity contribution in [2.45, 2.75) is 6.92 Å². The fourth-order valence-corrected chi connectivity index (χ4v) is 3.72. The number of rotatable bonds is 5. The van der Waals surface area contributed by atoms with Gasteiger partial charge in [-0.3, -0.25) is 9.59 Å². The maximum atomic E-state index is 12.9. The molecule has 3 aromatic carbocycles. The number of hydrogen-bond donors (Lipinski definition) is 0. The van der Waals surface area contributed by atoms with Crippen LogP contribution in [0.1, 0.15) is 15.9 Å².